The van der Waals surface area contributed by atoms with Gasteiger partial charge in [0.05, 0.1) is 6.33 Å². The third-order valence-electron chi connectivity index (χ3n) is 2.71. The molecule has 0 saturated heterocycles. The Morgan fingerprint density at radius 2 is 2.00 bits per heavy atom. The molecule has 90 valence electrons. The van der Waals surface area contributed by atoms with Gasteiger partial charge in [-0.05, 0) is 19.3 Å². The van der Waals surface area contributed by atoms with Crippen molar-refractivity contribution in [3.8, 4) is 0 Å². The van der Waals surface area contributed by atoms with E-state index in [0.29, 0.717) is 6.42 Å². The van der Waals surface area contributed by atoms with E-state index in [4.69, 9.17) is 9.90 Å². The van der Waals surface area contributed by atoms with Gasteiger partial charge >= 0.3 is 6.18 Å². The monoisotopic (exact) mass is 236 g/mol. The lowest BCUT2D eigenvalue weighted by Gasteiger charge is -2.43. The zero-order valence-corrected chi connectivity index (χ0v) is 8.31. The highest BCUT2D eigenvalue weighted by Gasteiger charge is 2.59. The van der Waals surface area contributed by atoms with Gasteiger partial charge in [0.15, 0.2) is 0 Å². The Labute approximate surface area is 89.7 Å². The van der Waals surface area contributed by atoms with Crippen molar-refractivity contribution in [2.24, 2.45) is 0 Å². The number of hydrogen-bond acceptors (Lipinski definition) is 2. The van der Waals surface area contributed by atoms with Crippen LogP contribution in [0.1, 0.15) is 19.3 Å². The summed E-state index contributed by atoms with van der Waals surface area (Å²) in [5.74, 6) is 0. The predicted molar refractivity (Wildman–Crippen MR) is 48.8 cm³/mol. The molecule has 0 aliphatic heterocycles. The van der Waals surface area contributed by atoms with Crippen LogP contribution in [-0.4, -0.2) is 27.3 Å². The summed E-state index contributed by atoms with van der Waals surface area (Å²) in [6.45, 7) is -0.250. The second-order valence-electron chi connectivity index (χ2n) is 3.46. The highest BCUT2D eigenvalue weighted by Crippen LogP contribution is 2.50. The van der Waals surface area contributed by atoms with E-state index in [9.17, 15) is 13.2 Å². The molecule has 0 atom stereocenters. The fraction of sp³-hybridized carbons (Fsp3) is 0.556. The van der Waals surface area contributed by atoms with Crippen LogP contribution in [0.15, 0.2) is 18.7 Å². The van der Waals surface area contributed by atoms with Crippen molar-refractivity contribution in [1.29, 1.82) is 0 Å². The topological polar surface area (TPSA) is 55.1 Å². The van der Waals surface area contributed by atoms with E-state index >= 15 is 0 Å². The van der Waals surface area contributed by atoms with Crippen molar-refractivity contribution in [1.82, 2.24) is 9.55 Å². The summed E-state index contributed by atoms with van der Waals surface area (Å²) in [5, 5.41) is 6.89. The van der Waals surface area contributed by atoms with Crippen LogP contribution in [0, 0.1) is 0 Å². The molecule has 1 aliphatic carbocycles. The summed E-state index contributed by atoms with van der Waals surface area (Å²) in [4.78, 5) is 12.0. The summed E-state index contributed by atoms with van der Waals surface area (Å²) >= 11 is 0. The van der Waals surface area contributed by atoms with Gasteiger partial charge in [0.1, 0.15) is 5.54 Å². The maximum atomic E-state index is 12.7. The molecule has 16 heavy (non-hydrogen) atoms. The van der Waals surface area contributed by atoms with Crippen LogP contribution in [0.25, 0.3) is 0 Å². The van der Waals surface area contributed by atoms with E-state index in [1.165, 1.54) is 23.3 Å². The van der Waals surface area contributed by atoms with E-state index in [0.717, 1.165) is 0 Å². The van der Waals surface area contributed by atoms with Crippen LogP contribution in [0.4, 0.5) is 13.2 Å². The second-order valence-corrected chi connectivity index (χ2v) is 3.46. The molecule has 1 aliphatic rings. The molecule has 1 saturated carbocycles. The average molecular weight is 236 g/mol. The summed E-state index contributed by atoms with van der Waals surface area (Å²) in [6, 6.07) is 0. The van der Waals surface area contributed by atoms with Gasteiger partial charge in [0.25, 0.3) is 6.47 Å². The number of carbonyl (C=O) groups is 1. The van der Waals surface area contributed by atoms with Gasteiger partial charge in [-0.1, -0.05) is 0 Å². The van der Waals surface area contributed by atoms with E-state index in [1.54, 1.807) is 0 Å². The summed E-state index contributed by atoms with van der Waals surface area (Å²) in [5.41, 5.74) is -1.66. The molecule has 2 rings (SSSR count). The normalized spacial score (nSPS) is 17.9. The van der Waals surface area contributed by atoms with Crippen molar-refractivity contribution in [2.75, 3.05) is 0 Å². The molecule has 1 N–H and O–H groups in total. The molecule has 0 unspecified atom stereocenters. The van der Waals surface area contributed by atoms with Gasteiger partial charge < -0.3 is 9.67 Å². The zero-order valence-electron chi connectivity index (χ0n) is 8.31. The molecule has 0 amide bonds. The van der Waals surface area contributed by atoms with Crippen LogP contribution in [-0.2, 0) is 10.3 Å². The molecule has 1 aromatic rings. The largest absolute Gasteiger partial charge is 0.483 e. The summed E-state index contributed by atoms with van der Waals surface area (Å²) < 4.78 is 39.2. The van der Waals surface area contributed by atoms with Gasteiger partial charge in [-0.15, -0.1) is 0 Å². The smallest absolute Gasteiger partial charge is 0.411 e. The number of aromatic nitrogens is 2. The number of alkyl halides is 3. The third kappa shape index (κ3) is 2.02. The maximum absolute atomic E-state index is 12.7. The van der Waals surface area contributed by atoms with Gasteiger partial charge in [-0.2, -0.15) is 13.2 Å². The Hall–Kier alpha value is -1.53. The van der Waals surface area contributed by atoms with E-state index in [-0.39, 0.29) is 19.3 Å². The van der Waals surface area contributed by atoms with E-state index < -0.39 is 11.7 Å². The standard InChI is InChI=1S/C8H9F3N2.CH2O2/c9-8(10,11)7(2-1-3-7)13-5-4-12-6-13;2-1-3/h4-6H,1-3H2;1H,(H,2,3). The summed E-state index contributed by atoms with van der Waals surface area (Å²) in [7, 11) is 0. The number of rotatable bonds is 1. The number of halogens is 3. The van der Waals surface area contributed by atoms with Crippen LogP contribution < -0.4 is 0 Å². The van der Waals surface area contributed by atoms with Crippen LogP contribution >= 0.6 is 0 Å². The van der Waals surface area contributed by atoms with Crippen molar-refractivity contribution in [3.05, 3.63) is 18.7 Å². The highest BCUT2D eigenvalue weighted by molar-refractivity contribution is 5.32. The first kappa shape index (κ1) is 12.5. The lowest BCUT2D eigenvalue weighted by molar-refractivity contribution is -0.239. The quantitative estimate of drug-likeness (QED) is 0.759. The average Bonchev–Trinajstić information content (AvgIpc) is 2.53. The lowest BCUT2D eigenvalue weighted by atomic mass is 9.76. The molecule has 1 fully saturated rings. The molecular weight excluding hydrogens is 225 g/mol. The Kier molecular flexibility index (Phi) is 3.56. The number of carboxylic acid groups (broad SMARTS) is 1. The highest BCUT2D eigenvalue weighted by atomic mass is 19.4. The van der Waals surface area contributed by atoms with Gasteiger partial charge in [0.2, 0.25) is 0 Å². The lowest BCUT2D eigenvalue weighted by Crippen LogP contribution is -2.52. The van der Waals surface area contributed by atoms with Crippen molar-refractivity contribution in [3.63, 3.8) is 0 Å². The van der Waals surface area contributed by atoms with Gasteiger partial charge in [0, 0.05) is 12.4 Å². The molecule has 1 heterocycles. The molecule has 7 heteroatoms. The molecule has 0 aromatic carbocycles. The Morgan fingerprint density at radius 1 is 1.44 bits per heavy atom. The van der Waals surface area contributed by atoms with Crippen LogP contribution in [0.5, 0.6) is 0 Å². The maximum Gasteiger partial charge on any atom is 0.411 e. The molecule has 0 radical (unpaired) electrons. The van der Waals surface area contributed by atoms with Gasteiger partial charge in [-0.3, -0.25) is 4.79 Å². The Balaban J connectivity index is 0.000000386. The second kappa shape index (κ2) is 4.54. The molecule has 1 aromatic heterocycles. The van der Waals surface area contributed by atoms with Crippen molar-refractivity contribution >= 4 is 6.47 Å². The van der Waals surface area contributed by atoms with Crippen molar-refractivity contribution < 1.29 is 23.1 Å². The van der Waals surface area contributed by atoms with E-state index in [1.807, 2.05) is 0 Å². The zero-order chi connectivity index (χ0) is 12.2. The fourth-order valence-corrected chi connectivity index (χ4v) is 1.71. The minimum atomic E-state index is -4.16. The molecule has 0 bridgehead atoms. The first-order valence-electron chi connectivity index (χ1n) is 4.61. The van der Waals surface area contributed by atoms with Crippen LogP contribution in [0.2, 0.25) is 0 Å². The number of nitrogens with zero attached hydrogens (tertiary/aromatic N) is 2. The minimum Gasteiger partial charge on any atom is -0.483 e. The Morgan fingerprint density at radius 3 is 2.25 bits per heavy atom. The van der Waals surface area contributed by atoms with Gasteiger partial charge in [-0.25, -0.2) is 4.98 Å². The molecular formula is C9H11F3N2O2. The number of hydrogen-bond donors (Lipinski definition) is 1. The van der Waals surface area contributed by atoms with Crippen molar-refractivity contribution in [2.45, 2.75) is 31.0 Å². The number of imidazole rings is 1. The van der Waals surface area contributed by atoms with E-state index in [2.05, 4.69) is 4.98 Å². The SMILES string of the molecule is FC(F)(F)C1(n2ccnc2)CCC1.O=CO. The minimum absolute atomic E-state index is 0.173. The first-order valence-corrected chi connectivity index (χ1v) is 4.61. The molecule has 0 spiro atoms. The van der Waals surface area contributed by atoms with Crippen LogP contribution in [0.3, 0.4) is 0 Å². The predicted octanol–water partition coefficient (Wildman–Crippen LogP) is 2.03. The summed E-state index contributed by atoms with van der Waals surface area (Å²) in [6.07, 6.45) is 0.828. The fourth-order valence-electron chi connectivity index (χ4n) is 1.71. The first-order chi connectivity index (χ1) is 7.48. The Bertz CT molecular complexity index is 331. The third-order valence-corrected chi connectivity index (χ3v) is 2.71. The molecule has 4 nitrogen and oxygen atoms in total.